The van der Waals surface area contributed by atoms with Crippen molar-refractivity contribution in [2.24, 2.45) is 0 Å². The highest BCUT2D eigenvalue weighted by Gasteiger charge is 2.18. The second-order valence-electron chi connectivity index (χ2n) is 13.5. The standard InChI is InChI=1S/C49H29N3S2/c1-3-12-30(13-4-1)40-29-41(52-49(51-40)33-14-5-2-6-15-33)31-22-24-32(25-23-31)46-45-39-17-8-10-21-44(39)54-48(45)38-27-26-34(28-42(38)50-46)35-18-11-19-37-36-16-7-9-20-43(36)53-47(35)37/h1-29H. The van der Waals surface area contributed by atoms with Crippen molar-refractivity contribution < 1.29 is 0 Å². The molecule has 4 heterocycles. The molecule has 0 aliphatic carbocycles. The predicted octanol–water partition coefficient (Wildman–Crippen LogP) is 14.1. The molecule has 0 unspecified atom stereocenters. The third-order valence-corrected chi connectivity index (χ3v) is 12.7. The molecule has 4 aromatic heterocycles. The summed E-state index contributed by atoms with van der Waals surface area (Å²) in [5, 5.41) is 6.24. The van der Waals surface area contributed by atoms with Gasteiger partial charge < -0.3 is 0 Å². The van der Waals surface area contributed by atoms with E-state index in [4.69, 9.17) is 15.0 Å². The van der Waals surface area contributed by atoms with Crippen LogP contribution in [0.4, 0.5) is 0 Å². The van der Waals surface area contributed by atoms with Crippen molar-refractivity contribution >= 4 is 73.9 Å². The fraction of sp³-hybridized carbons (Fsp3) is 0. The van der Waals surface area contributed by atoms with Crippen LogP contribution in [-0.2, 0) is 0 Å². The first-order valence-electron chi connectivity index (χ1n) is 18.0. The second-order valence-corrected chi connectivity index (χ2v) is 15.7. The van der Waals surface area contributed by atoms with E-state index in [2.05, 4.69) is 140 Å². The second kappa shape index (κ2) is 12.6. The number of nitrogens with zero attached hydrogens (tertiary/aromatic N) is 3. The average Bonchev–Trinajstić information content (AvgIpc) is 3.83. The molecule has 11 aromatic rings. The predicted molar refractivity (Wildman–Crippen MR) is 230 cm³/mol. The minimum Gasteiger partial charge on any atom is -0.247 e. The van der Waals surface area contributed by atoms with Crippen molar-refractivity contribution in [3.05, 3.63) is 176 Å². The summed E-state index contributed by atoms with van der Waals surface area (Å²) in [6.45, 7) is 0. The zero-order chi connectivity index (χ0) is 35.6. The summed E-state index contributed by atoms with van der Waals surface area (Å²) in [6.07, 6.45) is 0. The summed E-state index contributed by atoms with van der Waals surface area (Å²) in [4.78, 5) is 15.6. The van der Waals surface area contributed by atoms with Crippen LogP contribution in [0.1, 0.15) is 0 Å². The Morgan fingerprint density at radius 1 is 0.352 bits per heavy atom. The van der Waals surface area contributed by atoms with Gasteiger partial charge in [0.05, 0.1) is 22.6 Å². The molecule has 0 aliphatic heterocycles. The van der Waals surface area contributed by atoms with Gasteiger partial charge in [0, 0.05) is 68.0 Å². The number of fused-ring (bicyclic) bond motifs is 8. The first-order chi connectivity index (χ1) is 26.7. The quantitative estimate of drug-likeness (QED) is 0.177. The fourth-order valence-corrected chi connectivity index (χ4v) is 10.2. The van der Waals surface area contributed by atoms with Crippen molar-refractivity contribution in [1.82, 2.24) is 15.0 Å². The van der Waals surface area contributed by atoms with E-state index in [1.807, 2.05) is 59.1 Å². The van der Waals surface area contributed by atoms with Gasteiger partial charge in [-0.05, 0) is 35.4 Å². The van der Waals surface area contributed by atoms with Gasteiger partial charge in [-0.25, -0.2) is 15.0 Å². The number of hydrogen-bond donors (Lipinski definition) is 0. The summed E-state index contributed by atoms with van der Waals surface area (Å²) in [5.74, 6) is 0.709. The van der Waals surface area contributed by atoms with Crippen molar-refractivity contribution in [3.8, 4) is 56.3 Å². The molecule has 252 valence electrons. The lowest BCUT2D eigenvalue weighted by molar-refractivity contribution is 1.18. The van der Waals surface area contributed by atoms with Gasteiger partial charge >= 0.3 is 0 Å². The third kappa shape index (κ3) is 5.12. The first kappa shape index (κ1) is 31.0. The normalized spacial score (nSPS) is 11.7. The highest BCUT2D eigenvalue weighted by molar-refractivity contribution is 7.27. The Kier molecular flexibility index (Phi) is 7.22. The van der Waals surface area contributed by atoms with Gasteiger partial charge in [-0.1, -0.05) is 152 Å². The van der Waals surface area contributed by atoms with Gasteiger partial charge in [0.25, 0.3) is 0 Å². The molecular weight excluding hydrogens is 695 g/mol. The van der Waals surface area contributed by atoms with E-state index >= 15 is 0 Å². The van der Waals surface area contributed by atoms with E-state index in [0.29, 0.717) is 5.82 Å². The van der Waals surface area contributed by atoms with Crippen LogP contribution >= 0.6 is 22.7 Å². The lowest BCUT2D eigenvalue weighted by atomic mass is 9.98. The molecule has 0 spiro atoms. The molecule has 11 rings (SSSR count). The highest BCUT2D eigenvalue weighted by atomic mass is 32.1. The Labute approximate surface area is 319 Å². The Morgan fingerprint density at radius 3 is 1.69 bits per heavy atom. The molecule has 7 aromatic carbocycles. The van der Waals surface area contributed by atoms with Crippen LogP contribution in [-0.4, -0.2) is 15.0 Å². The third-order valence-electron chi connectivity index (χ3n) is 10.3. The van der Waals surface area contributed by atoms with E-state index < -0.39 is 0 Å². The summed E-state index contributed by atoms with van der Waals surface area (Å²) >= 11 is 3.72. The van der Waals surface area contributed by atoms with Gasteiger partial charge in [-0.2, -0.15) is 0 Å². The Hall–Kier alpha value is -6.53. The monoisotopic (exact) mass is 723 g/mol. The van der Waals surface area contributed by atoms with E-state index in [-0.39, 0.29) is 0 Å². The van der Waals surface area contributed by atoms with Crippen molar-refractivity contribution in [2.75, 3.05) is 0 Å². The molecule has 0 bridgehead atoms. The van der Waals surface area contributed by atoms with E-state index in [0.717, 1.165) is 44.9 Å². The number of hydrogen-bond acceptors (Lipinski definition) is 5. The molecule has 0 N–H and O–H groups in total. The number of rotatable bonds is 5. The lowest BCUT2D eigenvalue weighted by Crippen LogP contribution is -1.96. The molecule has 5 heteroatoms. The van der Waals surface area contributed by atoms with Gasteiger partial charge in [0.2, 0.25) is 0 Å². The van der Waals surface area contributed by atoms with Gasteiger partial charge in [0.1, 0.15) is 0 Å². The summed E-state index contributed by atoms with van der Waals surface area (Å²) in [7, 11) is 0. The molecule has 0 amide bonds. The van der Waals surface area contributed by atoms with Crippen LogP contribution in [0.15, 0.2) is 176 Å². The zero-order valence-corrected chi connectivity index (χ0v) is 30.5. The summed E-state index contributed by atoms with van der Waals surface area (Å²) in [5.41, 5.74) is 10.4. The minimum absolute atomic E-state index is 0.709. The number of benzene rings is 7. The molecular formula is C49H29N3S2. The number of pyridine rings is 1. The smallest absolute Gasteiger partial charge is 0.160 e. The van der Waals surface area contributed by atoms with E-state index in [9.17, 15) is 0 Å². The summed E-state index contributed by atoms with van der Waals surface area (Å²) < 4.78 is 5.16. The van der Waals surface area contributed by atoms with Crippen molar-refractivity contribution in [2.45, 2.75) is 0 Å². The molecule has 0 saturated heterocycles. The Balaban J connectivity index is 1.07. The molecule has 0 saturated carbocycles. The maximum atomic E-state index is 5.50. The number of aromatic nitrogens is 3. The van der Waals surface area contributed by atoms with E-state index in [1.54, 1.807) is 0 Å². The highest BCUT2D eigenvalue weighted by Crippen LogP contribution is 2.45. The van der Waals surface area contributed by atoms with E-state index in [1.165, 1.54) is 56.9 Å². The molecule has 3 nitrogen and oxygen atoms in total. The van der Waals surface area contributed by atoms with Crippen LogP contribution < -0.4 is 0 Å². The average molecular weight is 724 g/mol. The molecule has 0 radical (unpaired) electrons. The topological polar surface area (TPSA) is 38.7 Å². The van der Waals surface area contributed by atoms with Crippen molar-refractivity contribution in [3.63, 3.8) is 0 Å². The molecule has 0 atom stereocenters. The van der Waals surface area contributed by atoms with Crippen LogP contribution in [0.2, 0.25) is 0 Å². The maximum Gasteiger partial charge on any atom is 0.160 e. The van der Waals surface area contributed by atoms with Gasteiger partial charge in [0.15, 0.2) is 5.82 Å². The minimum atomic E-state index is 0.709. The number of thiophene rings is 2. The Morgan fingerprint density at radius 2 is 0.926 bits per heavy atom. The molecule has 0 fully saturated rings. The van der Waals surface area contributed by atoms with Gasteiger partial charge in [-0.15, -0.1) is 22.7 Å². The van der Waals surface area contributed by atoms with Crippen LogP contribution in [0.25, 0.3) is 108 Å². The SMILES string of the molecule is c1ccc(-c2cc(-c3ccc(-c4nc5cc(-c6cccc7c6sc6ccccc67)ccc5c5sc6ccccc6c45)cc3)nc(-c3ccccc3)n2)cc1. The van der Waals surface area contributed by atoms with Crippen LogP contribution in [0, 0.1) is 0 Å². The Bertz CT molecular complexity index is 3140. The lowest BCUT2D eigenvalue weighted by Gasteiger charge is -2.12. The largest absolute Gasteiger partial charge is 0.247 e. The van der Waals surface area contributed by atoms with Crippen molar-refractivity contribution in [1.29, 1.82) is 0 Å². The van der Waals surface area contributed by atoms with Gasteiger partial charge in [-0.3, -0.25) is 0 Å². The van der Waals surface area contributed by atoms with Crippen LogP contribution in [0.5, 0.6) is 0 Å². The zero-order valence-electron chi connectivity index (χ0n) is 28.9. The molecule has 54 heavy (non-hydrogen) atoms. The summed E-state index contributed by atoms with van der Waals surface area (Å²) in [6, 6.07) is 62.3. The molecule has 0 aliphatic rings. The first-order valence-corrected chi connectivity index (χ1v) is 19.6. The fourth-order valence-electron chi connectivity index (χ4n) is 7.68. The van der Waals surface area contributed by atoms with Crippen LogP contribution in [0.3, 0.4) is 0 Å². The maximum absolute atomic E-state index is 5.50.